The van der Waals surface area contributed by atoms with Crippen molar-refractivity contribution in [1.82, 2.24) is 0 Å². The van der Waals surface area contributed by atoms with E-state index in [1.807, 2.05) is 26.8 Å². The van der Waals surface area contributed by atoms with Crippen molar-refractivity contribution < 1.29 is 4.74 Å². The van der Waals surface area contributed by atoms with Crippen LogP contribution in [0.25, 0.3) is 28.0 Å². The van der Waals surface area contributed by atoms with E-state index >= 15 is 0 Å². The van der Waals surface area contributed by atoms with E-state index in [9.17, 15) is 0 Å². The maximum Gasteiger partial charge on any atom is 0.137 e. The van der Waals surface area contributed by atoms with Gasteiger partial charge in [0.1, 0.15) is 13.6 Å². The van der Waals surface area contributed by atoms with Gasteiger partial charge in [0.05, 0.1) is 5.50 Å². The van der Waals surface area contributed by atoms with Crippen LogP contribution in [0.3, 0.4) is 0 Å². The summed E-state index contributed by atoms with van der Waals surface area (Å²) in [5.74, 6) is 0.941. The fourth-order valence-electron chi connectivity index (χ4n) is 5.48. The molecule has 0 N–H and O–H groups in total. The first-order valence-electron chi connectivity index (χ1n) is 11.4. The molecule has 2 radical (unpaired) electrons. The van der Waals surface area contributed by atoms with E-state index in [0.717, 1.165) is 5.75 Å². The second-order valence-electron chi connectivity index (χ2n) is 9.53. The van der Waals surface area contributed by atoms with Crippen LogP contribution < -0.4 is 4.74 Å². The zero-order valence-corrected chi connectivity index (χ0v) is 20.4. The number of hydrogen-bond donors (Lipinski definition) is 0. The van der Waals surface area contributed by atoms with Crippen LogP contribution in [-0.2, 0) is 5.41 Å². The average Bonchev–Trinajstić information content (AvgIpc) is 2.98. The van der Waals surface area contributed by atoms with Crippen LogP contribution in [0.2, 0.25) is 0 Å². The Labute approximate surface area is 188 Å². The molecule has 0 saturated heterocycles. The summed E-state index contributed by atoms with van der Waals surface area (Å²) < 4.78 is 6.47. The van der Waals surface area contributed by atoms with E-state index in [0.29, 0.717) is 0 Å². The van der Waals surface area contributed by atoms with Crippen molar-refractivity contribution in [3.8, 4) is 16.9 Å². The predicted molar refractivity (Wildman–Crippen MR) is 136 cm³/mol. The van der Waals surface area contributed by atoms with E-state index in [1.165, 1.54) is 60.8 Å². The van der Waals surface area contributed by atoms with Gasteiger partial charge in [-0.2, -0.15) is 0 Å². The molecule has 0 saturated carbocycles. The summed E-state index contributed by atoms with van der Waals surface area (Å²) in [7, 11) is 6.43. The normalized spacial score (nSPS) is 19.8. The van der Waals surface area contributed by atoms with Crippen LogP contribution in [0.15, 0.2) is 30.3 Å². The Kier molecular flexibility index (Phi) is 4.92. The van der Waals surface area contributed by atoms with Crippen LogP contribution in [0, 0.1) is 27.7 Å². The number of ether oxygens (including phenoxy) is 1. The Hall–Kier alpha value is -2.48. The summed E-state index contributed by atoms with van der Waals surface area (Å²) in [6.45, 7) is 19.5. The molecule has 3 aromatic carbocycles. The fourth-order valence-corrected chi connectivity index (χ4v) is 5.48. The van der Waals surface area contributed by atoms with Crippen molar-refractivity contribution in [2.75, 3.05) is 0 Å². The Morgan fingerprint density at radius 3 is 2.03 bits per heavy atom. The van der Waals surface area contributed by atoms with Gasteiger partial charge in [0, 0.05) is 16.4 Å². The highest BCUT2D eigenvalue weighted by molar-refractivity contribution is 6.18. The van der Waals surface area contributed by atoms with Crippen molar-refractivity contribution in [2.45, 2.75) is 73.2 Å². The minimum atomic E-state index is -0.803. The molecule has 1 heterocycles. The largest absolute Gasteiger partial charge is 0.492 e. The molecule has 0 spiro atoms. The molecule has 0 bridgehead atoms. The van der Waals surface area contributed by atoms with Gasteiger partial charge < -0.3 is 4.74 Å². The molecule has 1 unspecified atom stereocenters. The van der Waals surface area contributed by atoms with E-state index in [-0.39, 0.29) is 5.41 Å². The Morgan fingerprint density at radius 2 is 1.39 bits per heavy atom. The number of hydrogen-bond acceptors (Lipinski definition) is 1. The Balaban J connectivity index is 0.00000112. The lowest BCUT2D eigenvalue weighted by molar-refractivity contribution is 0.226. The summed E-state index contributed by atoms with van der Waals surface area (Å²) in [5.41, 5.74) is 11.1. The maximum absolute atomic E-state index is 6.47. The summed E-state index contributed by atoms with van der Waals surface area (Å²) in [5, 5.41) is 2.54. The SMILES string of the molecule is CC.[B]C1(C)C=Cc2c3c(c4c(C)c(C)c(C)c(C)c4c2O1)-c1ccccc1C3(C)C. The van der Waals surface area contributed by atoms with Gasteiger partial charge in [0.15, 0.2) is 0 Å². The lowest BCUT2D eigenvalue weighted by Crippen LogP contribution is -2.33. The first kappa shape index (κ1) is 21.7. The summed E-state index contributed by atoms with van der Waals surface area (Å²) >= 11 is 0. The molecular weight excluding hydrogens is 375 g/mol. The zero-order chi connectivity index (χ0) is 22.9. The highest BCUT2D eigenvalue weighted by Gasteiger charge is 2.41. The first-order valence-corrected chi connectivity index (χ1v) is 11.4. The monoisotopic (exact) mass is 408 g/mol. The van der Waals surface area contributed by atoms with Crippen molar-refractivity contribution in [1.29, 1.82) is 0 Å². The van der Waals surface area contributed by atoms with Gasteiger partial charge in [-0.05, 0) is 84.5 Å². The van der Waals surface area contributed by atoms with Gasteiger partial charge in [-0.1, -0.05) is 64.1 Å². The van der Waals surface area contributed by atoms with E-state index in [4.69, 9.17) is 12.6 Å². The number of fused-ring (bicyclic) bond motifs is 8. The molecule has 1 nitrogen and oxygen atoms in total. The third-order valence-electron chi connectivity index (χ3n) is 7.33. The molecule has 158 valence electrons. The summed E-state index contributed by atoms with van der Waals surface area (Å²) in [4.78, 5) is 0. The summed E-state index contributed by atoms with van der Waals surface area (Å²) in [6.07, 6.45) is 4.18. The molecule has 31 heavy (non-hydrogen) atoms. The molecule has 2 aliphatic rings. The lowest BCUT2D eigenvalue weighted by Gasteiger charge is -2.34. The van der Waals surface area contributed by atoms with Crippen molar-refractivity contribution in [3.05, 3.63) is 69.3 Å². The van der Waals surface area contributed by atoms with Gasteiger partial charge in [-0.3, -0.25) is 0 Å². The maximum atomic E-state index is 6.47. The molecule has 1 atom stereocenters. The topological polar surface area (TPSA) is 9.23 Å². The van der Waals surface area contributed by atoms with Crippen LogP contribution >= 0.6 is 0 Å². The predicted octanol–water partition coefficient (Wildman–Crippen LogP) is 7.70. The van der Waals surface area contributed by atoms with Crippen molar-refractivity contribution >= 4 is 24.7 Å². The smallest absolute Gasteiger partial charge is 0.137 e. The third-order valence-corrected chi connectivity index (χ3v) is 7.33. The quantitative estimate of drug-likeness (QED) is 0.346. The highest BCUT2D eigenvalue weighted by atomic mass is 16.5. The lowest BCUT2D eigenvalue weighted by atomic mass is 9.75. The Morgan fingerprint density at radius 1 is 0.806 bits per heavy atom. The molecule has 2 heteroatoms. The molecule has 0 amide bonds. The fraction of sp³-hybridized carbons (Fsp3) is 0.379. The minimum Gasteiger partial charge on any atom is -0.492 e. The number of benzene rings is 3. The van der Waals surface area contributed by atoms with Crippen molar-refractivity contribution in [2.24, 2.45) is 0 Å². The van der Waals surface area contributed by atoms with Crippen LogP contribution in [0.5, 0.6) is 5.75 Å². The second kappa shape index (κ2) is 7.02. The summed E-state index contributed by atoms with van der Waals surface area (Å²) in [6, 6.07) is 8.86. The Bertz CT molecular complexity index is 1260. The minimum absolute atomic E-state index is 0.0978. The first-order chi connectivity index (χ1) is 14.6. The van der Waals surface area contributed by atoms with Gasteiger partial charge in [-0.25, -0.2) is 0 Å². The van der Waals surface area contributed by atoms with Gasteiger partial charge in [-0.15, -0.1) is 0 Å². The molecule has 5 rings (SSSR count). The van der Waals surface area contributed by atoms with E-state index in [1.54, 1.807) is 0 Å². The van der Waals surface area contributed by atoms with Gasteiger partial charge in [0.2, 0.25) is 0 Å². The standard InChI is InChI=1S/C27H27BO.C2H6/c1-14-15(2)17(4)22-21(16(14)3)23-18-10-8-9-11-20(18)26(5,6)24(23)19-12-13-27(7,28)29-25(19)22;1-2/h8-13H,1-7H3;1-2H3. The van der Waals surface area contributed by atoms with Crippen molar-refractivity contribution in [3.63, 3.8) is 0 Å². The second-order valence-corrected chi connectivity index (χ2v) is 9.53. The van der Waals surface area contributed by atoms with Crippen LogP contribution in [0.1, 0.15) is 73.6 Å². The zero-order valence-electron chi connectivity index (χ0n) is 20.4. The highest BCUT2D eigenvalue weighted by Crippen LogP contribution is 2.58. The van der Waals surface area contributed by atoms with E-state index < -0.39 is 5.50 Å². The van der Waals surface area contributed by atoms with Crippen LogP contribution in [0.4, 0.5) is 0 Å². The average molecular weight is 408 g/mol. The molecular formula is C29H33BO. The third kappa shape index (κ3) is 2.84. The van der Waals surface area contributed by atoms with Gasteiger partial charge >= 0.3 is 0 Å². The molecule has 0 fully saturated rings. The molecule has 1 aliphatic heterocycles. The number of aryl methyl sites for hydroxylation is 2. The molecule has 3 aromatic rings. The van der Waals surface area contributed by atoms with Crippen LogP contribution in [-0.4, -0.2) is 13.3 Å². The molecule has 1 aliphatic carbocycles. The number of rotatable bonds is 0. The van der Waals surface area contributed by atoms with E-state index in [2.05, 4.69) is 71.9 Å². The van der Waals surface area contributed by atoms with Gasteiger partial charge in [0.25, 0.3) is 0 Å². The molecule has 0 aromatic heterocycles.